The highest BCUT2D eigenvalue weighted by molar-refractivity contribution is 6.07. The minimum absolute atomic E-state index is 0.0865. The van der Waals surface area contributed by atoms with Crippen molar-refractivity contribution in [2.75, 3.05) is 30.4 Å². The SMILES string of the molecule is C[C@@H]1CN2c3c(cc4c(-c5cncc(N(C)C)n5)noc4c3F)CC(C=O)(C(=O)NC(N)=O)[C@H]2[C@H](C)O1. The van der Waals surface area contributed by atoms with Gasteiger partial charge < -0.3 is 29.6 Å². The summed E-state index contributed by atoms with van der Waals surface area (Å²) in [6, 6.07) is -0.353. The Morgan fingerprint density at radius 3 is 2.76 bits per heavy atom. The molecule has 3 aromatic rings. The summed E-state index contributed by atoms with van der Waals surface area (Å²) in [7, 11) is 3.61. The molecule has 0 aliphatic carbocycles. The second-order valence-electron chi connectivity index (χ2n) is 9.67. The van der Waals surface area contributed by atoms with Crippen LogP contribution in [0.1, 0.15) is 19.4 Å². The van der Waals surface area contributed by atoms with Gasteiger partial charge in [0.05, 0.1) is 41.7 Å². The first kappa shape index (κ1) is 24.6. The van der Waals surface area contributed by atoms with E-state index < -0.39 is 35.3 Å². The third-order valence-corrected chi connectivity index (χ3v) is 6.93. The van der Waals surface area contributed by atoms with Crippen molar-refractivity contribution in [2.45, 2.75) is 38.5 Å². The number of rotatable bonds is 4. The van der Waals surface area contributed by atoms with Crippen molar-refractivity contribution in [1.29, 1.82) is 0 Å². The highest BCUT2D eigenvalue weighted by atomic mass is 19.1. The summed E-state index contributed by atoms with van der Waals surface area (Å²) >= 11 is 0. The van der Waals surface area contributed by atoms with E-state index in [1.54, 1.807) is 29.0 Å². The Bertz CT molecular complexity index is 1430. The zero-order valence-corrected chi connectivity index (χ0v) is 20.7. The molecule has 1 aromatic carbocycles. The maximum absolute atomic E-state index is 16.2. The number of aldehydes is 1. The maximum atomic E-state index is 16.2. The minimum atomic E-state index is -1.77. The normalized spacial score (nSPS) is 24.8. The summed E-state index contributed by atoms with van der Waals surface area (Å²) in [5.41, 5.74) is 4.53. The van der Waals surface area contributed by atoms with Gasteiger partial charge in [-0.2, -0.15) is 0 Å². The van der Waals surface area contributed by atoms with Crippen molar-refractivity contribution in [3.63, 3.8) is 0 Å². The van der Waals surface area contributed by atoms with Crippen LogP contribution < -0.4 is 20.9 Å². The van der Waals surface area contributed by atoms with E-state index in [-0.39, 0.29) is 36.0 Å². The number of hydrogen-bond donors (Lipinski definition) is 2. The molecule has 1 unspecified atom stereocenters. The lowest BCUT2D eigenvalue weighted by atomic mass is 9.68. The van der Waals surface area contributed by atoms with Crippen LogP contribution in [0.4, 0.5) is 20.7 Å². The number of anilines is 2. The Balaban J connectivity index is 1.73. The van der Waals surface area contributed by atoms with Crippen molar-refractivity contribution in [2.24, 2.45) is 11.1 Å². The van der Waals surface area contributed by atoms with Crippen molar-refractivity contribution in [1.82, 2.24) is 20.4 Å². The summed E-state index contributed by atoms with van der Waals surface area (Å²) in [4.78, 5) is 49.6. The number of hydrogen-bond acceptors (Lipinski definition) is 10. The molecule has 4 atom stereocenters. The van der Waals surface area contributed by atoms with E-state index in [1.807, 2.05) is 26.3 Å². The first-order chi connectivity index (χ1) is 17.6. The molecule has 1 saturated heterocycles. The highest BCUT2D eigenvalue weighted by Gasteiger charge is 2.57. The van der Waals surface area contributed by atoms with Gasteiger partial charge in [0.15, 0.2) is 5.82 Å². The Morgan fingerprint density at radius 1 is 1.32 bits per heavy atom. The predicted molar refractivity (Wildman–Crippen MR) is 130 cm³/mol. The number of ether oxygens (including phenoxy) is 1. The quantitative estimate of drug-likeness (QED) is 0.388. The number of amides is 3. The molecule has 3 amide bonds. The van der Waals surface area contributed by atoms with Crippen LogP contribution in [-0.4, -0.2) is 72.2 Å². The average Bonchev–Trinajstić information content (AvgIpc) is 3.26. The molecule has 4 heterocycles. The standard InChI is InChI=1S/C24H26FN7O5/c1-11-9-32-19-13(6-24(10-33,21(32)12(2)36-11)22(34)29-23(26)35)5-14-18(30-37-20(14)17(19)25)15-7-27-8-16(28-15)31(3)4/h5,7-8,10-12,21H,6,9H2,1-4H3,(H3,26,29,34,35)/t11-,12+,21-,24?/m1/s1. The second-order valence-corrected chi connectivity index (χ2v) is 9.67. The Labute approximate surface area is 210 Å². The Hall–Kier alpha value is -4.13. The van der Waals surface area contributed by atoms with Gasteiger partial charge in [0.1, 0.15) is 28.9 Å². The van der Waals surface area contributed by atoms with Crippen molar-refractivity contribution >= 4 is 40.7 Å². The molecule has 2 aliphatic heterocycles. The van der Waals surface area contributed by atoms with Crippen molar-refractivity contribution in [3.8, 4) is 11.4 Å². The van der Waals surface area contributed by atoms with Gasteiger partial charge in [0.25, 0.3) is 0 Å². The zero-order valence-electron chi connectivity index (χ0n) is 20.7. The molecule has 2 aromatic heterocycles. The summed E-state index contributed by atoms with van der Waals surface area (Å²) in [6.45, 7) is 3.71. The molecular weight excluding hydrogens is 485 g/mol. The lowest BCUT2D eigenvalue weighted by Gasteiger charge is -2.53. The number of nitrogens with zero attached hydrogens (tertiary/aromatic N) is 5. The van der Waals surface area contributed by atoms with Crippen LogP contribution in [-0.2, 0) is 20.7 Å². The fraction of sp³-hybridized carbons (Fsp3) is 0.417. The summed E-state index contributed by atoms with van der Waals surface area (Å²) in [6.07, 6.45) is 2.37. The fourth-order valence-corrected chi connectivity index (χ4v) is 5.48. The second kappa shape index (κ2) is 8.76. The third kappa shape index (κ3) is 3.77. The third-order valence-electron chi connectivity index (χ3n) is 6.93. The number of halogens is 1. The monoisotopic (exact) mass is 511 g/mol. The molecule has 0 saturated carbocycles. The van der Waals surface area contributed by atoms with Crippen LogP contribution in [0.15, 0.2) is 23.0 Å². The Morgan fingerprint density at radius 2 is 2.08 bits per heavy atom. The lowest BCUT2D eigenvalue weighted by Crippen LogP contribution is -2.68. The van der Waals surface area contributed by atoms with Gasteiger partial charge in [-0.05, 0) is 31.9 Å². The predicted octanol–water partition coefficient (Wildman–Crippen LogP) is 1.41. The van der Waals surface area contributed by atoms with Gasteiger partial charge >= 0.3 is 6.03 Å². The number of aromatic nitrogens is 3. The molecule has 37 heavy (non-hydrogen) atoms. The van der Waals surface area contributed by atoms with Crippen LogP contribution >= 0.6 is 0 Å². The number of benzene rings is 1. The van der Waals surface area contributed by atoms with E-state index in [4.69, 9.17) is 15.0 Å². The summed E-state index contributed by atoms with van der Waals surface area (Å²) in [5, 5.41) is 6.42. The molecule has 13 heteroatoms. The van der Waals surface area contributed by atoms with Gasteiger partial charge in [-0.1, -0.05) is 5.16 Å². The molecule has 3 N–H and O–H groups in total. The summed E-state index contributed by atoms with van der Waals surface area (Å²) < 4.78 is 27.5. The number of primary amides is 1. The van der Waals surface area contributed by atoms with E-state index >= 15 is 4.39 Å². The number of urea groups is 1. The zero-order chi connectivity index (χ0) is 26.6. The molecule has 194 valence electrons. The van der Waals surface area contributed by atoms with Crippen LogP contribution in [0.5, 0.6) is 0 Å². The first-order valence-corrected chi connectivity index (χ1v) is 11.7. The summed E-state index contributed by atoms with van der Waals surface area (Å²) in [5.74, 6) is -0.991. The van der Waals surface area contributed by atoms with Crippen LogP contribution in [0.3, 0.4) is 0 Å². The fourth-order valence-electron chi connectivity index (χ4n) is 5.48. The number of morpholine rings is 1. The first-order valence-electron chi connectivity index (χ1n) is 11.7. The van der Waals surface area contributed by atoms with E-state index in [0.29, 0.717) is 28.7 Å². The van der Waals surface area contributed by atoms with E-state index in [9.17, 15) is 14.4 Å². The minimum Gasteiger partial charge on any atom is -0.372 e. The maximum Gasteiger partial charge on any atom is 0.318 e. The molecule has 5 rings (SSSR count). The lowest BCUT2D eigenvalue weighted by molar-refractivity contribution is -0.144. The number of nitrogens with one attached hydrogen (secondary N) is 1. The molecular formula is C24H26FN7O5. The van der Waals surface area contributed by atoms with Gasteiger partial charge in [0, 0.05) is 20.6 Å². The molecule has 1 fully saturated rings. The smallest absolute Gasteiger partial charge is 0.318 e. The largest absolute Gasteiger partial charge is 0.372 e. The molecule has 0 bridgehead atoms. The van der Waals surface area contributed by atoms with Crippen LogP contribution in [0, 0.1) is 11.2 Å². The molecule has 0 spiro atoms. The topological polar surface area (TPSA) is 157 Å². The average molecular weight is 512 g/mol. The van der Waals surface area contributed by atoms with Gasteiger partial charge in [-0.25, -0.2) is 14.2 Å². The number of imide groups is 1. The number of carbonyl (C=O) groups excluding carboxylic acids is 3. The van der Waals surface area contributed by atoms with Gasteiger partial charge in [0.2, 0.25) is 11.5 Å². The van der Waals surface area contributed by atoms with Gasteiger partial charge in [-0.3, -0.25) is 15.1 Å². The van der Waals surface area contributed by atoms with E-state index in [2.05, 4.69) is 15.1 Å². The van der Waals surface area contributed by atoms with Gasteiger partial charge in [-0.15, -0.1) is 0 Å². The Kier molecular flexibility index (Phi) is 5.82. The number of nitrogens with two attached hydrogens (primary N) is 1. The number of carbonyl (C=O) groups is 3. The van der Waals surface area contributed by atoms with Crippen LogP contribution in [0.2, 0.25) is 0 Å². The van der Waals surface area contributed by atoms with Crippen molar-refractivity contribution in [3.05, 3.63) is 29.8 Å². The van der Waals surface area contributed by atoms with E-state index in [1.165, 1.54) is 6.20 Å². The van der Waals surface area contributed by atoms with Crippen LogP contribution in [0.25, 0.3) is 22.4 Å². The van der Waals surface area contributed by atoms with E-state index in [0.717, 1.165) is 0 Å². The van der Waals surface area contributed by atoms with Crippen molar-refractivity contribution < 1.29 is 28.0 Å². The molecule has 12 nitrogen and oxygen atoms in total. The molecule has 0 radical (unpaired) electrons. The number of fused-ring (bicyclic) bond motifs is 4. The molecule has 2 aliphatic rings. The highest BCUT2D eigenvalue weighted by Crippen LogP contribution is 2.48.